The van der Waals surface area contributed by atoms with Crippen molar-refractivity contribution in [3.05, 3.63) is 17.8 Å². The Morgan fingerprint density at radius 3 is 3.11 bits per heavy atom. The fraction of sp³-hybridized carbons (Fsp3) is 0.583. The lowest BCUT2D eigenvalue weighted by molar-refractivity contribution is 0.313. The molecule has 7 heteroatoms. The van der Waals surface area contributed by atoms with Gasteiger partial charge in [0.25, 0.3) is 0 Å². The van der Waals surface area contributed by atoms with Gasteiger partial charge in [-0.2, -0.15) is 5.10 Å². The van der Waals surface area contributed by atoms with Crippen LogP contribution in [0.15, 0.2) is 17.4 Å². The van der Waals surface area contributed by atoms with Crippen LogP contribution in [0.3, 0.4) is 0 Å². The predicted molar refractivity (Wildman–Crippen MR) is 73.5 cm³/mol. The normalized spacial score (nSPS) is 20.7. The Kier molecular flexibility index (Phi) is 4.16. The average molecular weight is 264 g/mol. The summed E-state index contributed by atoms with van der Waals surface area (Å²) < 4.78 is 0. The summed E-state index contributed by atoms with van der Waals surface area (Å²) in [6.07, 6.45) is 3.94. The number of likely N-dealkylation sites (tertiary alicyclic amines) is 1. The van der Waals surface area contributed by atoms with Crippen molar-refractivity contribution in [3.63, 3.8) is 0 Å². The van der Waals surface area contributed by atoms with Crippen LogP contribution in [0.2, 0.25) is 0 Å². The molecule has 0 spiro atoms. The summed E-state index contributed by atoms with van der Waals surface area (Å²) in [7, 11) is 4.08. The standard InChI is InChI=1S/C12H20N6O/c1-17-7-3-4-9(17)8-18(2)12-10(11(13)16-19)5-6-14-15-12/h5-6,9,19H,3-4,7-8H2,1-2H3,(H2,13,16). The summed E-state index contributed by atoms with van der Waals surface area (Å²) in [6.45, 7) is 1.98. The van der Waals surface area contributed by atoms with Gasteiger partial charge in [-0.05, 0) is 32.5 Å². The maximum atomic E-state index is 8.81. The predicted octanol–water partition coefficient (Wildman–Crippen LogP) is 0.102. The molecule has 2 heterocycles. The van der Waals surface area contributed by atoms with Crippen molar-refractivity contribution >= 4 is 11.7 Å². The van der Waals surface area contributed by atoms with E-state index in [1.54, 1.807) is 6.07 Å². The number of aromatic nitrogens is 2. The number of hydrogen-bond acceptors (Lipinski definition) is 6. The second kappa shape index (κ2) is 5.83. The molecule has 3 N–H and O–H groups in total. The lowest BCUT2D eigenvalue weighted by Gasteiger charge is -2.27. The smallest absolute Gasteiger partial charge is 0.173 e. The van der Waals surface area contributed by atoms with Crippen molar-refractivity contribution in [2.75, 3.05) is 32.1 Å². The van der Waals surface area contributed by atoms with Crippen LogP contribution in [0.4, 0.5) is 5.82 Å². The first-order valence-electron chi connectivity index (χ1n) is 6.34. The summed E-state index contributed by atoms with van der Waals surface area (Å²) >= 11 is 0. The molecule has 1 fully saturated rings. The molecule has 104 valence electrons. The van der Waals surface area contributed by atoms with Gasteiger partial charge in [-0.3, -0.25) is 0 Å². The molecule has 2 rings (SSSR count). The van der Waals surface area contributed by atoms with Crippen LogP contribution >= 0.6 is 0 Å². The van der Waals surface area contributed by atoms with Crippen molar-refractivity contribution < 1.29 is 5.21 Å². The number of anilines is 1. The van der Waals surface area contributed by atoms with Crippen molar-refractivity contribution in [1.82, 2.24) is 15.1 Å². The third-order valence-electron chi connectivity index (χ3n) is 3.60. The number of likely N-dealkylation sites (N-methyl/N-ethyl adjacent to an activating group) is 2. The van der Waals surface area contributed by atoms with Gasteiger partial charge in [0.05, 0.1) is 11.8 Å². The van der Waals surface area contributed by atoms with Crippen LogP contribution < -0.4 is 10.6 Å². The highest BCUT2D eigenvalue weighted by Gasteiger charge is 2.24. The third kappa shape index (κ3) is 2.93. The number of hydrogen-bond donors (Lipinski definition) is 2. The SMILES string of the molecule is CN(CC1CCCN1C)c1nnccc1/C(N)=N/O. The maximum absolute atomic E-state index is 8.81. The molecule has 1 aliphatic heterocycles. The summed E-state index contributed by atoms with van der Waals surface area (Å²) in [5.74, 6) is 0.689. The summed E-state index contributed by atoms with van der Waals surface area (Å²) in [5.41, 5.74) is 6.26. The fourth-order valence-electron chi connectivity index (χ4n) is 2.47. The van der Waals surface area contributed by atoms with Gasteiger partial charge in [0.1, 0.15) is 0 Å². The summed E-state index contributed by atoms with van der Waals surface area (Å²) in [4.78, 5) is 4.35. The van der Waals surface area contributed by atoms with Gasteiger partial charge in [-0.1, -0.05) is 5.16 Å². The molecule has 1 atom stereocenters. The second-order valence-corrected chi connectivity index (χ2v) is 4.91. The number of nitrogens with two attached hydrogens (primary N) is 1. The molecule has 0 saturated carbocycles. The average Bonchev–Trinajstić information content (AvgIpc) is 2.83. The summed E-state index contributed by atoms with van der Waals surface area (Å²) in [6, 6.07) is 2.21. The van der Waals surface area contributed by atoms with Crippen molar-refractivity contribution in [3.8, 4) is 0 Å². The topological polar surface area (TPSA) is 90.9 Å². The van der Waals surface area contributed by atoms with Crippen LogP contribution in [0.5, 0.6) is 0 Å². The van der Waals surface area contributed by atoms with Gasteiger partial charge in [0, 0.05) is 19.6 Å². The van der Waals surface area contributed by atoms with E-state index in [4.69, 9.17) is 10.9 Å². The molecule has 1 saturated heterocycles. The molecule has 0 aromatic carbocycles. The molecule has 7 nitrogen and oxygen atoms in total. The first-order chi connectivity index (χ1) is 9.13. The molecule has 0 amide bonds. The highest BCUT2D eigenvalue weighted by atomic mass is 16.4. The minimum Gasteiger partial charge on any atom is -0.409 e. The molecule has 1 aromatic heterocycles. The Labute approximate surface area is 112 Å². The van der Waals surface area contributed by atoms with Crippen LogP contribution in [-0.4, -0.2) is 59.4 Å². The van der Waals surface area contributed by atoms with Gasteiger partial charge < -0.3 is 20.7 Å². The van der Waals surface area contributed by atoms with E-state index in [-0.39, 0.29) is 5.84 Å². The lowest BCUT2D eigenvalue weighted by Crippen LogP contribution is -2.38. The number of nitrogens with zero attached hydrogens (tertiary/aromatic N) is 5. The van der Waals surface area contributed by atoms with Crippen LogP contribution in [-0.2, 0) is 0 Å². The Bertz CT molecular complexity index is 463. The zero-order chi connectivity index (χ0) is 13.8. The Morgan fingerprint density at radius 2 is 2.47 bits per heavy atom. The van der Waals surface area contributed by atoms with E-state index in [1.165, 1.54) is 19.0 Å². The van der Waals surface area contributed by atoms with Crippen LogP contribution in [0, 0.1) is 0 Å². The van der Waals surface area contributed by atoms with Crippen LogP contribution in [0.1, 0.15) is 18.4 Å². The van der Waals surface area contributed by atoms with Crippen molar-refractivity contribution in [2.45, 2.75) is 18.9 Å². The molecule has 1 aromatic rings. The zero-order valence-corrected chi connectivity index (χ0v) is 11.3. The first-order valence-corrected chi connectivity index (χ1v) is 6.34. The largest absolute Gasteiger partial charge is 0.409 e. The Hall–Kier alpha value is -1.89. The molecule has 0 radical (unpaired) electrons. The summed E-state index contributed by atoms with van der Waals surface area (Å²) in [5, 5.41) is 19.8. The quantitative estimate of drug-likeness (QED) is 0.347. The van der Waals surface area contributed by atoms with Gasteiger partial charge in [-0.15, -0.1) is 5.10 Å². The van der Waals surface area contributed by atoms with E-state index in [0.29, 0.717) is 17.4 Å². The monoisotopic (exact) mass is 264 g/mol. The van der Waals surface area contributed by atoms with Crippen molar-refractivity contribution in [2.24, 2.45) is 10.9 Å². The molecule has 1 unspecified atom stereocenters. The minimum atomic E-state index is 0.0523. The van der Waals surface area contributed by atoms with E-state index in [0.717, 1.165) is 13.1 Å². The fourth-order valence-corrected chi connectivity index (χ4v) is 2.47. The number of oxime groups is 1. The van der Waals surface area contributed by atoms with E-state index in [2.05, 4.69) is 27.3 Å². The Morgan fingerprint density at radius 1 is 1.68 bits per heavy atom. The molecular formula is C12H20N6O. The highest BCUT2D eigenvalue weighted by molar-refractivity contribution is 6.01. The zero-order valence-electron chi connectivity index (χ0n) is 11.3. The van der Waals surface area contributed by atoms with Crippen LogP contribution in [0.25, 0.3) is 0 Å². The minimum absolute atomic E-state index is 0.0523. The van der Waals surface area contributed by atoms with E-state index >= 15 is 0 Å². The van der Waals surface area contributed by atoms with Gasteiger partial charge in [0.2, 0.25) is 0 Å². The molecule has 0 bridgehead atoms. The maximum Gasteiger partial charge on any atom is 0.173 e. The van der Waals surface area contributed by atoms with Gasteiger partial charge in [0.15, 0.2) is 11.7 Å². The van der Waals surface area contributed by atoms with Gasteiger partial charge >= 0.3 is 0 Å². The molecular weight excluding hydrogens is 244 g/mol. The van der Waals surface area contributed by atoms with E-state index in [9.17, 15) is 0 Å². The van der Waals surface area contributed by atoms with E-state index < -0.39 is 0 Å². The Balaban J connectivity index is 2.16. The van der Waals surface area contributed by atoms with E-state index in [1.807, 2.05) is 11.9 Å². The molecule has 1 aliphatic rings. The number of amidine groups is 1. The van der Waals surface area contributed by atoms with Gasteiger partial charge in [-0.25, -0.2) is 0 Å². The molecule has 19 heavy (non-hydrogen) atoms. The van der Waals surface area contributed by atoms with Crippen molar-refractivity contribution in [1.29, 1.82) is 0 Å². The highest BCUT2D eigenvalue weighted by Crippen LogP contribution is 2.20. The second-order valence-electron chi connectivity index (χ2n) is 4.91. The molecule has 0 aliphatic carbocycles. The number of rotatable bonds is 4. The first kappa shape index (κ1) is 13.5. The third-order valence-corrected chi connectivity index (χ3v) is 3.60. The lowest BCUT2D eigenvalue weighted by atomic mass is 10.2.